The van der Waals surface area contributed by atoms with E-state index in [1.807, 2.05) is 36.4 Å². The molecule has 0 saturated heterocycles. The van der Waals surface area contributed by atoms with E-state index in [0.29, 0.717) is 33.6 Å². The average molecular weight is 678 g/mol. The van der Waals surface area contributed by atoms with Crippen molar-refractivity contribution in [2.24, 2.45) is 0 Å². The summed E-state index contributed by atoms with van der Waals surface area (Å²) in [6.45, 7) is 4.20. The summed E-state index contributed by atoms with van der Waals surface area (Å²) in [5, 5.41) is 21.6. The van der Waals surface area contributed by atoms with Crippen molar-refractivity contribution >= 4 is 63.4 Å². The Labute approximate surface area is 285 Å². The predicted molar refractivity (Wildman–Crippen MR) is 191 cm³/mol. The monoisotopic (exact) mass is 677 g/mol. The molecule has 0 bridgehead atoms. The number of nitro benzene ring substituents is 1. The fourth-order valence-electron chi connectivity index (χ4n) is 4.50. The van der Waals surface area contributed by atoms with Crippen LogP contribution in [0.1, 0.15) is 41.3 Å². The van der Waals surface area contributed by atoms with Crippen molar-refractivity contribution in [2.75, 3.05) is 16.4 Å². The van der Waals surface area contributed by atoms with Crippen molar-refractivity contribution in [3.63, 3.8) is 0 Å². The number of anilines is 2. The van der Waals surface area contributed by atoms with Gasteiger partial charge in [0.2, 0.25) is 5.91 Å². The smallest absolute Gasteiger partial charge is 0.272 e. The highest BCUT2D eigenvalue weighted by Crippen LogP contribution is 2.28. The van der Waals surface area contributed by atoms with Gasteiger partial charge in [0, 0.05) is 39.2 Å². The number of nitrogens with one attached hydrogen (secondary N) is 3. The van der Waals surface area contributed by atoms with Crippen LogP contribution < -0.4 is 16.0 Å². The number of carbonyl (C=O) groups is 3. The molecular weight excluding hydrogens is 647 g/mol. The third kappa shape index (κ3) is 9.24. The predicted octanol–water partition coefficient (Wildman–Crippen LogP) is 7.98. The zero-order chi connectivity index (χ0) is 34.0. The second-order valence-corrected chi connectivity index (χ2v) is 12.8. The fraction of sp³-hybridized carbons (Fsp3) is 0.111. The minimum Gasteiger partial charge on any atom is -0.321 e. The number of rotatable bonds is 12. The molecule has 0 spiro atoms. The van der Waals surface area contributed by atoms with Crippen LogP contribution in [-0.2, 0) is 9.59 Å². The lowest BCUT2D eigenvalue weighted by Gasteiger charge is -2.12. The summed E-state index contributed by atoms with van der Waals surface area (Å²) in [7, 11) is 0. The Morgan fingerprint density at radius 3 is 2.40 bits per heavy atom. The van der Waals surface area contributed by atoms with Crippen LogP contribution in [0.3, 0.4) is 0 Å². The molecule has 0 radical (unpaired) electrons. The van der Waals surface area contributed by atoms with Gasteiger partial charge in [-0.3, -0.25) is 24.5 Å². The van der Waals surface area contributed by atoms with Crippen LogP contribution in [0.2, 0.25) is 0 Å². The van der Waals surface area contributed by atoms with Gasteiger partial charge in [0.1, 0.15) is 5.70 Å². The largest absolute Gasteiger partial charge is 0.321 e. The molecule has 5 aromatic rings. The first-order valence-corrected chi connectivity index (χ1v) is 16.7. The maximum Gasteiger partial charge on any atom is 0.272 e. The minimum absolute atomic E-state index is 0.0403. The molecule has 0 saturated carbocycles. The quantitative estimate of drug-likeness (QED) is 0.0526. The Balaban J connectivity index is 1.23. The summed E-state index contributed by atoms with van der Waals surface area (Å²) in [4.78, 5) is 54.9. The van der Waals surface area contributed by atoms with Crippen LogP contribution in [0.15, 0.2) is 119 Å². The first-order chi connectivity index (χ1) is 23.1. The van der Waals surface area contributed by atoms with Crippen LogP contribution in [0.5, 0.6) is 0 Å². The number of thiazole rings is 1. The van der Waals surface area contributed by atoms with E-state index < -0.39 is 16.7 Å². The van der Waals surface area contributed by atoms with E-state index in [0.717, 1.165) is 16.0 Å². The number of carbonyl (C=O) groups excluding carboxylic acids is 3. The number of thioether (sulfide) groups is 1. The molecule has 48 heavy (non-hydrogen) atoms. The van der Waals surface area contributed by atoms with E-state index in [9.17, 15) is 24.5 Å². The molecule has 1 heterocycles. The van der Waals surface area contributed by atoms with Crippen LogP contribution in [-0.4, -0.2) is 33.4 Å². The second-order valence-electron chi connectivity index (χ2n) is 10.9. The van der Waals surface area contributed by atoms with Gasteiger partial charge in [-0.25, -0.2) is 4.98 Å². The second kappa shape index (κ2) is 15.8. The first kappa shape index (κ1) is 33.8. The van der Waals surface area contributed by atoms with Gasteiger partial charge in [0.15, 0.2) is 5.13 Å². The minimum atomic E-state index is -0.504. The zero-order valence-electron chi connectivity index (χ0n) is 26.0. The Kier molecular flexibility index (Phi) is 11.1. The van der Waals surface area contributed by atoms with E-state index in [-0.39, 0.29) is 23.0 Å². The highest BCUT2D eigenvalue weighted by Gasteiger charge is 2.16. The van der Waals surface area contributed by atoms with Gasteiger partial charge in [-0.15, -0.1) is 23.1 Å². The summed E-state index contributed by atoms with van der Waals surface area (Å²) in [6.07, 6.45) is 1.63. The van der Waals surface area contributed by atoms with E-state index >= 15 is 0 Å². The number of benzene rings is 4. The van der Waals surface area contributed by atoms with Crippen molar-refractivity contribution in [2.45, 2.75) is 24.7 Å². The van der Waals surface area contributed by atoms with Gasteiger partial charge >= 0.3 is 0 Å². The summed E-state index contributed by atoms with van der Waals surface area (Å²) >= 11 is 2.49. The molecule has 0 fully saturated rings. The average Bonchev–Trinajstić information content (AvgIpc) is 3.56. The van der Waals surface area contributed by atoms with E-state index in [4.69, 9.17) is 0 Å². The Hall–Kier alpha value is -5.59. The molecule has 4 aromatic carbocycles. The lowest BCUT2D eigenvalue weighted by Crippen LogP contribution is -2.30. The number of non-ortho nitro benzene ring substituents is 1. The van der Waals surface area contributed by atoms with Crippen LogP contribution in [0, 0.1) is 10.1 Å². The fourth-order valence-corrected chi connectivity index (χ4v) is 5.99. The third-order valence-electron chi connectivity index (χ3n) is 7.01. The lowest BCUT2D eigenvalue weighted by atomic mass is 10.0. The highest BCUT2D eigenvalue weighted by molar-refractivity contribution is 8.00. The van der Waals surface area contributed by atoms with Crippen LogP contribution in [0.25, 0.3) is 17.3 Å². The molecule has 0 aliphatic heterocycles. The molecular formula is C36H31N5O5S2. The van der Waals surface area contributed by atoms with Crippen LogP contribution >= 0.6 is 23.1 Å². The number of hydrogen-bond donors (Lipinski definition) is 3. The van der Waals surface area contributed by atoms with Gasteiger partial charge in [-0.05, 0) is 53.5 Å². The Bertz CT molecular complexity index is 1970. The van der Waals surface area contributed by atoms with Gasteiger partial charge in [0.25, 0.3) is 17.5 Å². The maximum absolute atomic E-state index is 13.5. The molecule has 0 unspecified atom stereocenters. The number of nitrogens with zero attached hydrogens (tertiary/aromatic N) is 2. The molecule has 3 amide bonds. The zero-order valence-corrected chi connectivity index (χ0v) is 27.6. The molecule has 1 aromatic heterocycles. The summed E-state index contributed by atoms with van der Waals surface area (Å²) in [6, 6.07) is 29.6. The molecule has 10 nitrogen and oxygen atoms in total. The van der Waals surface area contributed by atoms with E-state index in [2.05, 4.69) is 34.8 Å². The first-order valence-electron chi connectivity index (χ1n) is 14.9. The third-order valence-corrected chi connectivity index (χ3v) is 8.76. The maximum atomic E-state index is 13.5. The summed E-state index contributed by atoms with van der Waals surface area (Å²) in [5.41, 5.74) is 3.96. The number of amides is 3. The molecule has 0 aliphatic carbocycles. The standard InChI is InChI=1S/C36H31N5O5S2/c1-23(2)25-16-14-24(15-17-25)18-31(38-34(43)26-8-4-3-5-9-26)35(44)37-28-11-7-13-30(20-28)47-22-33(42)40-36-39-32(21-48-36)27-10-6-12-29(19-27)41(45)46/h3-21,23H,22H2,1-2H3,(H,37,44)(H,38,43)(H,39,40,42)/b31-18+. The van der Waals surface area contributed by atoms with Crippen molar-refractivity contribution in [1.82, 2.24) is 10.3 Å². The number of aromatic nitrogens is 1. The summed E-state index contributed by atoms with van der Waals surface area (Å²) in [5.74, 6) is -0.771. The number of hydrogen-bond acceptors (Lipinski definition) is 8. The van der Waals surface area contributed by atoms with Crippen LogP contribution in [0.4, 0.5) is 16.5 Å². The Morgan fingerprint density at radius 1 is 0.917 bits per heavy atom. The molecule has 3 N–H and O–H groups in total. The molecule has 0 aliphatic rings. The normalized spacial score (nSPS) is 11.2. The van der Waals surface area contributed by atoms with Gasteiger partial charge in [-0.2, -0.15) is 0 Å². The summed E-state index contributed by atoms with van der Waals surface area (Å²) < 4.78 is 0. The Morgan fingerprint density at radius 2 is 1.67 bits per heavy atom. The van der Waals surface area contributed by atoms with E-state index in [1.54, 1.807) is 66.1 Å². The van der Waals surface area contributed by atoms with E-state index in [1.165, 1.54) is 35.2 Å². The van der Waals surface area contributed by atoms with Crippen molar-refractivity contribution in [1.29, 1.82) is 0 Å². The molecule has 242 valence electrons. The molecule has 0 atom stereocenters. The van der Waals surface area contributed by atoms with Crippen molar-refractivity contribution in [3.05, 3.63) is 141 Å². The van der Waals surface area contributed by atoms with Gasteiger partial charge in [-0.1, -0.05) is 74.5 Å². The topological polar surface area (TPSA) is 143 Å². The van der Waals surface area contributed by atoms with Crippen molar-refractivity contribution < 1.29 is 19.3 Å². The number of nitro groups is 1. The molecule has 12 heteroatoms. The van der Waals surface area contributed by atoms with Gasteiger partial charge < -0.3 is 16.0 Å². The molecule has 5 rings (SSSR count). The SMILES string of the molecule is CC(C)c1ccc(/C=C(/NC(=O)c2ccccc2)C(=O)Nc2cccc(SCC(=O)Nc3nc(-c4cccc([N+](=O)[O-])c4)cs3)c2)cc1. The highest BCUT2D eigenvalue weighted by atomic mass is 32.2. The van der Waals surface area contributed by atoms with Crippen molar-refractivity contribution in [3.8, 4) is 11.3 Å². The lowest BCUT2D eigenvalue weighted by molar-refractivity contribution is -0.384. The van der Waals surface area contributed by atoms with Gasteiger partial charge in [0.05, 0.1) is 16.4 Å².